The number of halogens is 1. The number of unbranched alkanes of at least 4 members (excludes halogenated alkanes) is 4. The second-order valence-corrected chi connectivity index (χ2v) is 9.12. The van der Waals surface area contributed by atoms with E-state index in [-0.39, 0.29) is 5.78 Å². The molecule has 0 aliphatic rings. The van der Waals surface area contributed by atoms with E-state index in [4.69, 9.17) is 0 Å². The topological polar surface area (TPSA) is 20.3 Å². The Labute approximate surface area is 189 Å². The average molecular weight is 468 g/mol. The molecule has 0 aromatic heterocycles. The average Bonchev–Trinajstić information content (AvgIpc) is 2.77. The van der Waals surface area contributed by atoms with Gasteiger partial charge in [-0.05, 0) is 59.6 Å². The third-order valence-corrected chi connectivity index (χ3v) is 6.60. The van der Waals surface area contributed by atoms with Crippen molar-refractivity contribution in [1.29, 1.82) is 0 Å². The van der Waals surface area contributed by atoms with Crippen LogP contribution in [0.4, 0.5) is 0 Å². The first kappa shape index (κ1) is 23.0. The summed E-state index contributed by atoms with van der Waals surface area (Å²) in [6, 6.07) is 16.7. The summed E-state index contributed by atoms with van der Waals surface area (Å²) in [5, 5.41) is 4.70. The first-order valence-electron chi connectivity index (χ1n) is 11.5. The molecule has 0 radical (unpaired) electrons. The zero-order chi connectivity index (χ0) is 21.3. The Morgan fingerprint density at radius 2 is 1.47 bits per heavy atom. The van der Waals surface area contributed by atoms with Crippen LogP contribution in [0.5, 0.6) is 0 Å². The first-order valence-corrected chi connectivity index (χ1v) is 12.3. The van der Waals surface area contributed by atoms with Crippen molar-refractivity contribution in [3.8, 4) is 0 Å². The van der Waals surface area contributed by atoms with Crippen LogP contribution < -0.4 is 0 Å². The minimum atomic E-state index is 0.250. The van der Waals surface area contributed by atoms with Gasteiger partial charge in [-0.2, -0.15) is 0 Å². The van der Waals surface area contributed by atoms with Crippen LogP contribution in [0, 0.1) is 0 Å². The molecule has 0 amide bonds. The van der Waals surface area contributed by atoms with E-state index in [1.165, 1.54) is 49.3 Å². The second kappa shape index (κ2) is 11.6. The molecule has 3 heteroatoms. The smallest absolute Gasteiger partial charge is 0.164 e. The van der Waals surface area contributed by atoms with Gasteiger partial charge in [-0.25, -0.2) is 0 Å². The molecule has 0 saturated carbocycles. The normalized spacial score (nSPS) is 11.6. The Hall–Kier alpha value is -1.71. The van der Waals surface area contributed by atoms with Crippen molar-refractivity contribution in [1.82, 2.24) is 4.90 Å². The summed E-state index contributed by atoms with van der Waals surface area (Å²) in [5.41, 5.74) is 0.831. The molecule has 3 aromatic carbocycles. The van der Waals surface area contributed by atoms with Crippen molar-refractivity contribution in [2.45, 2.75) is 58.8 Å². The van der Waals surface area contributed by atoms with Crippen molar-refractivity contribution in [3.63, 3.8) is 0 Å². The molecule has 0 saturated heterocycles. The van der Waals surface area contributed by atoms with Gasteiger partial charge in [0.05, 0.1) is 0 Å². The van der Waals surface area contributed by atoms with Gasteiger partial charge in [-0.3, -0.25) is 4.79 Å². The summed E-state index contributed by atoms with van der Waals surface area (Å²) in [6.45, 7) is 7.58. The van der Waals surface area contributed by atoms with Gasteiger partial charge in [-0.15, -0.1) is 0 Å². The van der Waals surface area contributed by atoms with Gasteiger partial charge in [0.15, 0.2) is 5.78 Å². The second-order valence-electron chi connectivity index (χ2n) is 8.27. The van der Waals surface area contributed by atoms with Crippen LogP contribution in [0.25, 0.3) is 21.5 Å². The number of hydrogen-bond acceptors (Lipinski definition) is 2. The molecule has 0 spiro atoms. The number of fused-ring (bicyclic) bond motifs is 3. The van der Waals surface area contributed by atoms with Gasteiger partial charge in [0.2, 0.25) is 0 Å². The number of Topliss-reactive ketones (excluding diaryl/α,β-unsaturated/α-hetero) is 1. The number of benzene rings is 3. The number of nitrogens with zero attached hydrogens (tertiary/aromatic N) is 1. The molecule has 0 aliphatic carbocycles. The van der Waals surface area contributed by atoms with Crippen LogP contribution in [0.15, 0.2) is 53.0 Å². The van der Waals surface area contributed by atoms with E-state index in [2.05, 4.69) is 77.1 Å². The van der Waals surface area contributed by atoms with Gasteiger partial charge in [0.25, 0.3) is 0 Å². The van der Waals surface area contributed by atoms with Crippen LogP contribution >= 0.6 is 15.9 Å². The predicted octanol–water partition coefficient (Wildman–Crippen LogP) is 8.01. The fourth-order valence-corrected chi connectivity index (χ4v) is 4.73. The Kier molecular flexibility index (Phi) is 8.89. The number of rotatable bonds is 12. The summed E-state index contributed by atoms with van der Waals surface area (Å²) in [6.07, 6.45) is 8.07. The number of carbonyl (C=O) groups is 1. The van der Waals surface area contributed by atoms with Gasteiger partial charge >= 0.3 is 0 Å². The fourth-order valence-electron chi connectivity index (χ4n) is 4.14. The van der Waals surface area contributed by atoms with Crippen LogP contribution in [0.3, 0.4) is 0 Å². The fraction of sp³-hybridized carbons (Fsp3) is 0.444. The molecular formula is C27H34BrNO. The lowest BCUT2D eigenvalue weighted by atomic mass is 9.98. The summed E-state index contributed by atoms with van der Waals surface area (Å²) in [4.78, 5) is 15.5. The highest BCUT2D eigenvalue weighted by atomic mass is 79.9. The van der Waals surface area contributed by atoms with Crippen molar-refractivity contribution < 1.29 is 4.79 Å². The Morgan fingerprint density at radius 1 is 0.800 bits per heavy atom. The minimum Gasteiger partial charge on any atom is -0.303 e. The highest BCUT2D eigenvalue weighted by Crippen LogP contribution is 2.32. The Balaban J connectivity index is 1.73. The zero-order valence-electron chi connectivity index (χ0n) is 18.4. The lowest BCUT2D eigenvalue weighted by Crippen LogP contribution is -2.28. The third-order valence-electron chi connectivity index (χ3n) is 5.94. The molecule has 3 aromatic rings. The zero-order valence-corrected chi connectivity index (χ0v) is 20.0. The molecule has 0 bridgehead atoms. The van der Waals surface area contributed by atoms with Gasteiger partial charge in [0, 0.05) is 23.0 Å². The molecule has 0 aliphatic heterocycles. The van der Waals surface area contributed by atoms with Gasteiger partial charge in [0.1, 0.15) is 0 Å². The first-order chi connectivity index (χ1) is 14.6. The van der Waals surface area contributed by atoms with E-state index in [0.29, 0.717) is 6.42 Å². The lowest BCUT2D eigenvalue weighted by Gasteiger charge is -2.22. The Bertz CT molecular complexity index is 971. The molecule has 0 N–H and O–H groups in total. The number of carbonyl (C=O) groups excluding carboxylic acids is 1. The molecule has 160 valence electrons. The summed E-state index contributed by atoms with van der Waals surface area (Å²) < 4.78 is 1.10. The summed E-state index contributed by atoms with van der Waals surface area (Å²) >= 11 is 3.69. The van der Waals surface area contributed by atoms with Gasteiger partial charge < -0.3 is 4.90 Å². The quantitative estimate of drug-likeness (QED) is 0.152. The third kappa shape index (κ3) is 5.92. The van der Waals surface area contributed by atoms with E-state index in [1.54, 1.807) is 0 Å². The predicted molar refractivity (Wildman–Crippen MR) is 134 cm³/mol. The lowest BCUT2D eigenvalue weighted by molar-refractivity contribution is 0.0963. The standard InChI is InChI=1S/C27H34BrNO/c1-3-5-9-16-29(17-10-6-4-2)18-15-27(30)22-14-13-21-20-26(28)24-12-8-7-11-23(24)25(21)19-22/h7-8,11-14,19-20H,3-6,9-10,15-18H2,1-2H3. The molecule has 0 fully saturated rings. The van der Waals surface area contributed by atoms with Crippen LogP contribution in [-0.4, -0.2) is 30.3 Å². The summed E-state index contributed by atoms with van der Waals surface area (Å²) in [7, 11) is 0. The van der Waals surface area contributed by atoms with Gasteiger partial charge in [-0.1, -0.05) is 91.9 Å². The van der Waals surface area contributed by atoms with E-state index >= 15 is 0 Å². The molecule has 30 heavy (non-hydrogen) atoms. The van der Waals surface area contributed by atoms with Crippen molar-refractivity contribution in [2.24, 2.45) is 0 Å². The van der Waals surface area contributed by atoms with Crippen LogP contribution in [-0.2, 0) is 0 Å². The molecule has 0 unspecified atom stereocenters. The molecular weight excluding hydrogens is 434 g/mol. The van der Waals surface area contributed by atoms with E-state index in [0.717, 1.165) is 40.4 Å². The van der Waals surface area contributed by atoms with E-state index in [9.17, 15) is 4.79 Å². The SMILES string of the molecule is CCCCCN(CCCCC)CCC(=O)c1ccc2cc(Br)c3ccccc3c2c1. The maximum absolute atomic E-state index is 13.0. The molecule has 0 atom stereocenters. The monoisotopic (exact) mass is 467 g/mol. The maximum atomic E-state index is 13.0. The Morgan fingerprint density at radius 3 is 2.13 bits per heavy atom. The summed E-state index contributed by atoms with van der Waals surface area (Å²) in [5.74, 6) is 0.250. The molecule has 2 nitrogen and oxygen atoms in total. The highest BCUT2D eigenvalue weighted by Gasteiger charge is 2.12. The van der Waals surface area contributed by atoms with Crippen molar-refractivity contribution in [3.05, 3.63) is 58.6 Å². The van der Waals surface area contributed by atoms with E-state index in [1.807, 2.05) is 6.07 Å². The number of ketones is 1. The minimum absolute atomic E-state index is 0.250. The highest BCUT2D eigenvalue weighted by molar-refractivity contribution is 9.10. The van der Waals surface area contributed by atoms with Crippen molar-refractivity contribution in [2.75, 3.05) is 19.6 Å². The molecule has 3 rings (SSSR count). The van der Waals surface area contributed by atoms with Crippen molar-refractivity contribution >= 4 is 43.3 Å². The maximum Gasteiger partial charge on any atom is 0.164 e. The number of hydrogen-bond donors (Lipinski definition) is 0. The van der Waals surface area contributed by atoms with E-state index < -0.39 is 0 Å². The van der Waals surface area contributed by atoms with Crippen LogP contribution in [0.2, 0.25) is 0 Å². The largest absolute Gasteiger partial charge is 0.303 e. The molecule has 0 heterocycles. The van der Waals surface area contributed by atoms with Crippen LogP contribution in [0.1, 0.15) is 69.2 Å².